The molecule has 0 fully saturated rings. The van der Waals surface area contributed by atoms with Gasteiger partial charge in [0.2, 0.25) is 5.56 Å². The zero-order chi connectivity index (χ0) is 18.8. The van der Waals surface area contributed by atoms with E-state index in [0.29, 0.717) is 24.3 Å². The van der Waals surface area contributed by atoms with Crippen LogP contribution >= 0.6 is 0 Å². The molecule has 7 heteroatoms. The lowest BCUT2D eigenvalue weighted by Crippen LogP contribution is -2.43. The van der Waals surface area contributed by atoms with Crippen molar-refractivity contribution in [2.24, 2.45) is 5.73 Å². The molecule has 1 atom stereocenters. The minimum atomic E-state index is -2.04. The molecule has 0 saturated carbocycles. The Kier molecular flexibility index (Phi) is 5.51. The number of fused-ring (bicyclic) bond motifs is 1. The van der Waals surface area contributed by atoms with Crippen LogP contribution in [0.1, 0.15) is 32.4 Å². The molecule has 1 aromatic heterocycles. The molecule has 1 heterocycles. The van der Waals surface area contributed by atoms with E-state index in [1.165, 1.54) is 6.07 Å². The van der Waals surface area contributed by atoms with Gasteiger partial charge in [-0.2, -0.15) is 0 Å². The van der Waals surface area contributed by atoms with E-state index in [1.807, 2.05) is 6.07 Å². The molecular weight excluding hydrogens is 336 g/mol. The van der Waals surface area contributed by atoms with Crippen molar-refractivity contribution in [1.82, 2.24) is 4.98 Å². The molecule has 2 aromatic rings. The molecule has 3 N–H and O–H groups in total. The van der Waals surface area contributed by atoms with Gasteiger partial charge in [0.25, 0.3) is 6.47 Å². The minimum Gasteiger partial charge on any atom is -0.427 e. The lowest BCUT2D eigenvalue weighted by Gasteiger charge is -2.39. The van der Waals surface area contributed by atoms with Crippen LogP contribution in [0.2, 0.25) is 18.1 Å². The average molecular weight is 363 g/mol. The second kappa shape index (κ2) is 7.11. The van der Waals surface area contributed by atoms with Gasteiger partial charge in [-0.25, -0.2) is 0 Å². The van der Waals surface area contributed by atoms with E-state index in [1.54, 1.807) is 12.1 Å². The highest BCUT2D eigenvalue weighted by atomic mass is 28.4. The Balaban J connectivity index is 2.57. The number of pyridine rings is 1. The molecule has 0 saturated heterocycles. The summed E-state index contributed by atoms with van der Waals surface area (Å²) in [6.45, 7) is 11.5. The molecule has 6 nitrogen and oxygen atoms in total. The van der Waals surface area contributed by atoms with E-state index in [0.717, 1.165) is 10.9 Å². The summed E-state index contributed by atoms with van der Waals surface area (Å²) in [6.07, 6.45) is -0.306. The summed E-state index contributed by atoms with van der Waals surface area (Å²) < 4.78 is 11.5. The van der Waals surface area contributed by atoms with Crippen molar-refractivity contribution in [2.75, 3.05) is 6.54 Å². The Morgan fingerprint density at radius 1 is 1.24 bits per heavy atom. The second-order valence-corrected chi connectivity index (χ2v) is 12.3. The van der Waals surface area contributed by atoms with Crippen molar-refractivity contribution >= 4 is 25.7 Å². The summed E-state index contributed by atoms with van der Waals surface area (Å²) >= 11 is 0. The van der Waals surface area contributed by atoms with Crippen molar-refractivity contribution in [3.8, 4) is 5.75 Å². The molecule has 0 aliphatic heterocycles. The van der Waals surface area contributed by atoms with Crippen molar-refractivity contribution in [3.63, 3.8) is 0 Å². The number of nitrogens with one attached hydrogen (secondary N) is 1. The van der Waals surface area contributed by atoms with Gasteiger partial charge in [0.15, 0.2) is 14.1 Å². The Labute approximate surface area is 148 Å². The van der Waals surface area contributed by atoms with Gasteiger partial charge in [0, 0.05) is 18.0 Å². The van der Waals surface area contributed by atoms with Gasteiger partial charge in [-0.3, -0.25) is 9.59 Å². The molecule has 1 aromatic carbocycles. The van der Waals surface area contributed by atoms with Crippen LogP contribution in [0.15, 0.2) is 29.1 Å². The summed E-state index contributed by atoms with van der Waals surface area (Å²) in [4.78, 5) is 25.2. The van der Waals surface area contributed by atoms with E-state index in [9.17, 15) is 9.59 Å². The third-order valence-electron chi connectivity index (χ3n) is 4.87. The number of hydrogen-bond acceptors (Lipinski definition) is 5. The van der Waals surface area contributed by atoms with Gasteiger partial charge < -0.3 is 19.9 Å². The summed E-state index contributed by atoms with van der Waals surface area (Å²) in [5.41, 5.74) is 7.08. The zero-order valence-electron chi connectivity index (χ0n) is 15.4. The first-order valence-electron chi connectivity index (χ1n) is 8.25. The van der Waals surface area contributed by atoms with Gasteiger partial charge in [-0.15, -0.1) is 0 Å². The number of ether oxygens (including phenoxy) is 1. The Morgan fingerprint density at radius 2 is 1.92 bits per heavy atom. The molecule has 0 aliphatic carbocycles. The van der Waals surface area contributed by atoms with Crippen molar-refractivity contribution in [3.05, 3.63) is 40.2 Å². The first-order chi connectivity index (χ1) is 11.6. The summed E-state index contributed by atoms with van der Waals surface area (Å²) in [7, 11) is -2.04. The molecule has 0 unspecified atom stereocenters. The highest BCUT2D eigenvalue weighted by Gasteiger charge is 2.39. The largest absolute Gasteiger partial charge is 0.427 e. The first-order valence-corrected chi connectivity index (χ1v) is 11.2. The lowest BCUT2D eigenvalue weighted by atomic mass is 10.0. The number of benzene rings is 1. The standard InChI is InChI=1S/C18H26N2O4Si/c1-18(2,3)25(4,5)24-15(10-19)12-6-8-14(23-11-21)17-13(12)7-9-16(22)20-17/h6-9,11,15H,10,19H2,1-5H3,(H,20,22)/t15-/m0/s1. The Morgan fingerprint density at radius 3 is 2.48 bits per heavy atom. The molecule has 0 aliphatic rings. The van der Waals surface area contributed by atoms with Gasteiger partial charge in [0.05, 0.1) is 11.6 Å². The number of carbonyl (C=O) groups is 1. The number of aromatic nitrogens is 1. The van der Waals surface area contributed by atoms with E-state index in [4.69, 9.17) is 14.9 Å². The first kappa shape index (κ1) is 19.4. The van der Waals surface area contributed by atoms with Crippen LogP contribution in [0.5, 0.6) is 5.75 Å². The van der Waals surface area contributed by atoms with Crippen molar-refractivity contribution in [1.29, 1.82) is 0 Å². The predicted molar refractivity (Wildman–Crippen MR) is 101 cm³/mol. The summed E-state index contributed by atoms with van der Waals surface area (Å²) in [6, 6.07) is 6.64. The fourth-order valence-corrected chi connectivity index (χ4v) is 3.74. The quantitative estimate of drug-likeness (QED) is 0.608. The summed E-state index contributed by atoms with van der Waals surface area (Å²) in [5.74, 6) is 0.301. The number of nitrogens with two attached hydrogens (primary N) is 1. The number of carbonyl (C=O) groups excluding carboxylic acids is 1. The smallest absolute Gasteiger partial charge is 0.298 e. The van der Waals surface area contributed by atoms with E-state index >= 15 is 0 Å². The fourth-order valence-electron chi connectivity index (χ4n) is 2.45. The topological polar surface area (TPSA) is 94.4 Å². The minimum absolute atomic E-state index is 0.0467. The second-order valence-electron chi connectivity index (χ2n) is 7.58. The highest BCUT2D eigenvalue weighted by molar-refractivity contribution is 6.74. The van der Waals surface area contributed by atoms with E-state index < -0.39 is 8.32 Å². The van der Waals surface area contributed by atoms with Crippen LogP contribution in [-0.2, 0) is 9.22 Å². The van der Waals surface area contributed by atoms with Crippen LogP contribution in [0.4, 0.5) is 0 Å². The van der Waals surface area contributed by atoms with Gasteiger partial charge >= 0.3 is 0 Å². The predicted octanol–water partition coefficient (Wildman–Crippen LogP) is 3.08. The van der Waals surface area contributed by atoms with Gasteiger partial charge in [0.1, 0.15) is 0 Å². The van der Waals surface area contributed by atoms with Crippen molar-refractivity contribution in [2.45, 2.75) is 45.0 Å². The number of hydrogen-bond donors (Lipinski definition) is 2. The van der Waals surface area contributed by atoms with Crippen LogP contribution in [0.3, 0.4) is 0 Å². The maximum Gasteiger partial charge on any atom is 0.298 e. The summed E-state index contributed by atoms with van der Waals surface area (Å²) in [5, 5.41) is 0.804. The SMILES string of the molecule is CC(C)(C)[Si](C)(C)O[C@@H](CN)c1ccc(OC=O)c2[nH]c(=O)ccc12. The molecule has 0 bridgehead atoms. The Hall–Kier alpha value is -1.96. The monoisotopic (exact) mass is 362 g/mol. The Bertz CT molecular complexity index is 824. The molecule has 0 radical (unpaired) electrons. The third-order valence-corrected chi connectivity index (χ3v) is 9.36. The van der Waals surface area contributed by atoms with Crippen molar-refractivity contribution < 1.29 is 14.0 Å². The molecular formula is C18H26N2O4Si. The third kappa shape index (κ3) is 4.00. The average Bonchev–Trinajstić information content (AvgIpc) is 2.52. The molecule has 0 spiro atoms. The zero-order valence-corrected chi connectivity index (χ0v) is 16.4. The maximum atomic E-state index is 11.7. The highest BCUT2D eigenvalue weighted by Crippen LogP contribution is 2.40. The van der Waals surface area contributed by atoms with E-state index in [-0.39, 0.29) is 16.7 Å². The van der Waals surface area contributed by atoms with E-state index in [2.05, 4.69) is 38.8 Å². The van der Waals surface area contributed by atoms with Crippen LogP contribution in [-0.4, -0.2) is 26.3 Å². The molecule has 25 heavy (non-hydrogen) atoms. The van der Waals surface area contributed by atoms with Crippen LogP contribution in [0.25, 0.3) is 10.9 Å². The lowest BCUT2D eigenvalue weighted by molar-refractivity contribution is -0.120. The number of rotatable bonds is 6. The molecule has 2 rings (SSSR count). The normalized spacial score (nSPS) is 13.7. The van der Waals surface area contributed by atoms with Crippen LogP contribution in [0, 0.1) is 0 Å². The number of H-pyrrole nitrogens is 1. The van der Waals surface area contributed by atoms with Crippen LogP contribution < -0.4 is 16.0 Å². The molecule has 0 amide bonds. The fraction of sp³-hybridized carbons (Fsp3) is 0.444. The molecule has 136 valence electrons. The van der Waals surface area contributed by atoms with Gasteiger partial charge in [-0.1, -0.05) is 26.8 Å². The maximum absolute atomic E-state index is 11.7. The van der Waals surface area contributed by atoms with Gasteiger partial charge in [-0.05, 0) is 35.8 Å². The number of aromatic amines is 1.